The maximum Gasteiger partial charge on any atom is 0.256 e. The maximum absolute atomic E-state index is 12.2. The monoisotopic (exact) mass is 279 g/mol. The van der Waals surface area contributed by atoms with Crippen LogP contribution < -0.4 is 5.32 Å². The Hall–Kier alpha value is -1.32. The van der Waals surface area contributed by atoms with Crippen LogP contribution in [0.2, 0.25) is 5.02 Å². The normalized spacial score (nSPS) is 10.4. The molecule has 0 spiro atoms. The Kier molecular flexibility index (Phi) is 3.73. The lowest BCUT2D eigenvalue weighted by molar-refractivity contribution is 0.102. The van der Waals surface area contributed by atoms with Crippen molar-refractivity contribution in [3.05, 3.63) is 50.2 Å². The second-order valence-electron chi connectivity index (χ2n) is 4.19. The predicted octanol–water partition coefficient (Wildman–Crippen LogP) is 4.58. The molecule has 0 unspecified atom stereocenters. The van der Waals surface area contributed by atoms with Crippen molar-refractivity contribution in [3.63, 3.8) is 0 Å². The van der Waals surface area contributed by atoms with E-state index in [0.717, 1.165) is 26.6 Å². The first kappa shape index (κ1) is 13.1. The summed E-state index contributed by atoms with van der Waals surface area (Å²) in [6.07, 6.45) is 0. The molecule has 1 N–H and O–H groups in total. The van der Waals surface area contributed by atoms with Crippen molar-refractivity contribution in [3.8, 4) is 0 Å². The van der Waals surface area contributed by atoms with Crippen molar-refractivity contribution >= 4 is 34.5 Å². The third kappa shape index (κ3) is 2.57. The first-order valence-electron chi connectivity index (χ1n) is 5.62. The molecule has 94 valence electrons. The predicted molar refractivity (Wildman–Crippen MR) is 77.9 cm³/mol. The van der Waals surface area contributed by atoms with Crippen molar-refractivity contribution in [1.82, 2.24) is 0 Å². The molecule has 2 rings (SSSR count). The molecule has 0 saturated heterocycles. The van der Waals surface area contributed by atoms with Gasteiger partial charge in [0.15, 0.2) is 0 Å². The minimum atomic E-state index is -0.0813. The Morgan fingerprint density at radius 3 is 2.61 bits per heavy atom. The molecule has 1 heterocycles. The summed E-state index contributed by atoms with van der Waals surface area (Å²) < 4.78 is 0. The van der Waals surface area contributed by atoms with Crippen molar-refractivity contribution in [2.24, 2.45) is 0 Å². The Balaban J connectivity index is 2.27. The molecule has 1 aromatic heterocycles. The smallest absolute Gasteiger partial charge is 0.256 e. The number of thiophene rings is 1. The van der Waals surface area contributed by atoms with E-state index < -0.39 is 0 Å². The van der Waals surface area contributed by atoms with Gasteiger partial charge >= 0.3 is 0 Å². The van der Waals surface area contributed by atoms with Crippen LogP contribution in [0, 0.1) is 20.8 Å². The number of anilines is 1. The minimum Gasteiger partial charge on any atom is -0.322 e. The van der Waals surface area contributed by atoms with Gasteiger partial charge in [-0.15, -0.1) is 11.3 Å². The topological polar surface area (TPSA) is 29.1 Å². The fourth-order valence-corrected chi connectivity index (χ4v) is 2.88. The fraction of sp³-hybridized carbons (Fsp3) is 0.214. The van der Waals surface area contributed by atoms with Gasteiger partial charge in [0, 0.05) is 20.5 Å². The number of amides is 1. The summed E-state index contributed by atoms with van der Waals surface area (Å²) in [5.41, 5.74) is 2.38. The molecule has 1 aromatic carbocycles. The summed E-state index contributed by atoms with van der Waals surface area (Å²) in [5.74, 6) is -0.0813. The van der Waals surface area contributed by atoms with Gasteiger partial charge in [0.25, 0.3) is 5.91 Å². The van der Waals surface area contributed by atoms with Gasteiger partial charge in [-0.25, -0.2) is 0 Å². The largest absolute Gasteiger partial charge is 0.322 e. The van der Waals surface area contributed by atoms with Crippen LogP contribution in [0.1, 0.15) is 25.7 Å². The van der Waals surface area contributed by atoms with Gasteiger partial charge < -0.3 is 5.32 Å². The molecule has 4 heteroatoms. The van der Waals surface area contributed by atoms with Crippen LogP contribution in [0.25, 0.3) is 0 Å². The summed E-state index contributed by atoms with van der Waals surface area (Å²) in [4.78, 5) is 14.3. The number of benzene rings is 1. The second-order valence-corrected chi connectivity index (χ2v) is 6.06. The highest BCUT2D eigenvalue weighted by molar-refractivity contribution is 7.12. The number of hydrogen-bond donors (Lipinski definition) is 1. The summed E-state index contributed by atoms with van der Waals surface area (Å²) in [6, 6.07) is 7.41. The SMILES string of the molecule is Cc1cc(C(=O)Nc2cccc(Cl)c2C)c(C)s1. The zero-order valence-electron chi connectivity index (χ0n) is 10.5. The lowest BCUT2D eigenvalue weighted by atomic mass is 10.2. The van der Waals surface area contributed by atoms with Gasteiger partial charge in [0.2, 0.25) is 0 Å². The number of carbonyl (C=O) groups is 1. The van der Waals surface area contributed by atoms with E-state index in [4.69, 9.17) is 11.6 Å². The number of halogens is 1. The fourth-order valence-electron chi connectivity index (χ4n) is 1.79. The van der Waals surface area contributed by atoms with E-state index in [1.165, 1.54) is 0 Å². The second kappa shape index (κ2) is 5.12. The molecule has 0 aliphatic carbocycles. The molecule has 0 bridgehead atoms. The minimum absolute atomic E-state index is 0.0813. The molecule has 18 heavy (non-hydrogen) atoms. The third-order valence-electron chi connectivity index (χ3n) is 2.80. The highest BCUT2D eigenvalue weighted by Gasteiger charge is 2.13. The van der Waals surface area contributed by atoms with E-state index in [2.05, 4.69) is 5.32 Å². The summed E-state index contributed by atoms with van der Waals surface area (Å²) >= 11 is 7.66. The number of nitrogens with one attached hydrogen (secondary N) is 1. The molecule has 0 radical (unpaired) electrons. The van der Waals surface area contributed by atoms with Crippen molar-refractivity contribution < 1.29 is 4.79 Å². The Morgan fingerprint density at radius 2 is 2.00 bits per heavy atom. The van der Waals surface area contributed by atoms with E-state index in [1.54, 1.807) is 11.3 Å². The summed E-state index contributed by atoms with van der Waals surface area (Å²) in [6.45, 7) is 5.85. The lowest BCUT2D eigenvalue weighted by Gasteiger charge is -2.09. The third-order valence-corrected chi connectivity index (χ3v) is 4.18. The molecule has 0 saturated carbocycles. The molecule has 2 aromatic rings. The van der Waals surface area contributed by atoms with Crippen LogP contribution in [-0.2, 0) is 0 Å². The quantitative estimate of drug-likeness (QED) is 0.857. The summed E-state index contributed by atoms with van der Waals surface area (Å²) in [5, 5.41) is 3.56. The van der Waals surface area contributed by atoms with Crippen LogP contribution in [-0.4, -0.2) is 5.91 Å². The first-order valence-corrected chi connectivity index (χ1v) is 6.82. The lowest BCUT2D eigenvalue weighted by Crippen LogP contribution is -2.12. The van der Waals surface area contributed by atoms with Crippen molar-refractivity contribution in [2.45, 2.75) is 20.8 Å². The molecule has 0 fully saturated rings. The number of hydrogen-bond acceptors (Lipinski definition) is 2. The standard InChI is InChI=1S/C14H14ClNOS/c1-8-7-11(10(3)18-8)14(17)16-13-6-4-5-12(15)9(13)2/h4-7H,1-3H3,(H,16,17). The van der Waals surface area contributed by atoms with Crippen LogP contribution in [0.15, 0.2) is 24.3 Å². The average molecular weight is 280 g/mol. The van der Waals surface area contributed by atoms with E-state index in [-0.39, 0.29) is 5.91 Å². The number of carbonyl (C=O) groups excluding carboxylic acids is 1. The Bertz CT molecular complexity index is 604. The highest BCUT2D eigenvalue weighted by Crippen LogP contribution is 2.25. The highest BCUT2D eigenvalue weighted by atomic mass is 35.5. The van der Waals surface area contributed by atoms with E-state index in [9.17, 15) is 4.79 Å². The molecule has 0 atom stereocenters. The van der Waals surface area contributed by atoms with Crippen LogP contribution in [0.4, 0.5) is 5.69 Å². The molecule has 0 aliphatic heterocycles. The molecular weight excluding hydrogens is 266 g/mol. The Morgan fingerprint density at radius 1 is 1.28 bits per heavy atom. The molecular formula is C14H14ClNOS. The van der Waals surface area contributed by atoms with Gasteiger partial charge in [-0.1, -0.05) is 17.7 Å². The van der Waals surface area contributed by atoms with E-state index in [1.807, 2.05) is 45.0 Å². The van der Waals surface area contributed by atoms with Crippen molar-refractivity contribution in [1.29, 1.82) is 0 Å². The average Bonchev–Trinajstić information content (AvgIpc) is 2.64. The van der Waals surface area contributed by atoms with Gasteiger partial charge in [-0.3, -0.25) is 4.79 Å². The first-order chi connectivity index (χ1) is 8.49. The molecule has 0 aliphatic rings. The Labute approximate surface area is 116 Å². The zero-order valence-corrected chi connectivity index (χ0v) is 12.1. The van der Waals surface area contributed by atoms with E-state index >= 15 is 0 Å². The molecule has 1 amide bonds. The number of aryl methyl sites for hydroxylation is 2. The number of rotatable bonds is 2. The van der Waals surface area contributed by atoms with Crippen LogP contribution >= 0.6 is 22.9 Å². The van der Waals surface area contributed by atoms with Crippen LogP contribution in [0.3, 0.4) is 0 Å². The van der Waals surface area contributed by atoms with Gasteiger partial charge in [-0.05, 0) is 44.5 Å². The summed E-state index contributed by atoms with van der Waals surface area (Å²) in [7, 11) is 0. The van der Waals surface area contributed by atoms with E-state index in [0.29, 0.717) is 5.02 Å². The zero-order chi connectivity index (χ0) is 13.3. The maximum atomic E-state index is 12.2. The van der Waals surface area contributed by atoms with Gasteiger partial charge in [0.1, 0.15) is 0 Å². The van der Waals surface area contributed by atoms with Crippen molar-refractivity contribution in [2.75, 3.05) is 5.32 Å². The van der Waals surface area contributed by atoms with Gasteiger partial charge in [-0.2, -0.15) is 0 Å². The van der Waals surface area contributed by atoms with Gasteiger partial charge in [0.05, 0.1) is 5.56 Å². The molecule has 2 nitrogen and oxygen atoms in total. The van der Waals surface area contributed by atoms with Crippen LogP contribution in [0.5, 0.6) is 0 Å².